The average molecular weight is 388 g/mol. The van der Waals surface area contributed by atoms with Crippen LogP contribution < -0.4 is 10.6 Å². The molecule has 0 heterocycles. The number of hydrogen-bond acceptors (Lipinski definition) is 5. The summed E-state index contributed by atoms with van der Waals surface area (Å²) < 4.78 is 0.900. The largest absolute Gasteiger partial charge is 0.332 e. The summed E-state index contributed by atoms with van der Waals surface area (Å²) in [6, 6.07) is 12.2. The Morgan fingerprint density at radius 3 is 2.19 bits per heavy atom. The van der Waals surface area contributed by atoms with Crippen molar-refractivity contribution in [2.45, 2.75) is 26.3 Å². The van der Waals surface area contributed by atoms with Crippen molar-refractivity contribution < 1.29 is 14.5 Å². The smallest absolute Gasteiger partial charge is 0.324 e. The number of carbonyl (C=O) groups excluding carboxylic acids is 2. The maximum Gasteiger partial charge on any atom is 0.332 e. The number of urea groups is 1. The summed E-state index contributed by atoms with van der Waals surface area (Å²) in [7, 11) is 0. The number of aryl methyl sites for hydroxylation is 1. The van der Waals surface area contributed by atoms with Gasteiger partial charge in [-0.3, -0.25) is 19.2 Å². The van der Waals surface area contributed by atoms with Gasteiger partial charge >= 0.3 is 6.03 Å². The molecule has 142 valence electrons. The van der Waals surface area contributed by atoms with E-state index in [1.807, 2.05) is 19.1 Å². The number of nitrogens with one attached hydrogen (secondary N) is 2. The quantitative estimate of drug-likeness (QED) is 0.409. The van der Waals surface area contributed by atoms with Crippen LogP contribution >= 0.6 is 12.8 Å². The third kappa shape index (κ3) is 4.56. The van der Waals surface area contributed by atoms with Gasteiger partial charge < -0.3 is 10.6 Å². The topological polar surface area (TPSA) is 105 Å². The number of hydrogen-bond donors (Lipinski definition) is 3. The molecule has 0 saturated heterocycles. The minimum atomic E-state index is -1.33. The molecule has 2 N–H and O–H groups in total. The van der Waals surface area contributed by atoms with E-state index in [1.54, 1.807) is 18.2 Å². The second-order valence-electron chi connectivity index (χ2n) is 6.34. The normalized spacial score (nSPS) is 10.8. The Labute approximate surface area is 162 Å². The Morgan fingerprint density at radius 1 is 1.04 bits per heavy atom. The van der Waals surface area contributed by atoms with Crippen LogP contribution in [-0.4, -0.2) is 26.7 Å². The molecule has 0 radical (unpaired) electrons. The van der Waals surface area contributed by atoms with Gasteiger partial charge in [0.1, 0.15) is 11.2 Å². The Morgan fingerprint density at radius 2 is 1.59 bits per heavy atom. The highest BCUT2D eigenvalue weighted by molar-refractivity contribution is 7.78. The first kappa shape index (κ1) is 20.2. The molecule has 0 fully saturated rings. The van der Waals surface area contributed by atoms with Crippen LogP contribution in [0.3, 0.4) is 0 Å². The van der Waals surface area contributed by atoms with Gasteiger partial charge in [-0.25, -0.2) is 4.79 Å². The van der Waals surface area contributed by atoms with Gasteiger partial charge in [0, 0.05) is 11.8 Å². The third-order valence-corrected chi connectivity index (χ3v) is 4.69. The van der Waals surface area contributed by atoms with Crippen molar-refractivity contribution in [3.63, 3.8) is 0 Å². The summed E-state index contributed by atoms with van der Waals surface area (Å²) in [5.74, 6) is -0.454. The minimum absolute atomic E-state index is 0.0154. The van der Waals surface area contributed by atoms with Gasteiger partial charge in [0.25, 0.3) is 11.6 Å². The number of carbonyl (C=O) groups is 2. The predicted molar refractivity (Wildman–Crippen MR) is 107 cm³/mol. The first-order valence-electron chi connectivity index (χ1n) is 8.05. The fraction of sp³-hybridized carbons (Fsp3) is 0.222. The number of rotatable bonds is 5. The van der Waals surface area contributed by atoms with Crippen molar-refractivity contribution in [2.75, 3.05) is 10.6 Å². The Balaban J connectivity index is 2.16. The van der Waals surface area contributed by atoms with Gasteiger partial charge in [-0.15, -0.1) is 0 Å². The van der Waals surface area contributed by atoms with Crippen LogP contribution in [0.15, 0.2) is 48.5 Å². The van der Waals surface area contributed by atoms with Crippen LogP contribution in [0, 0.1) is 17.0 Å². The molecule has 8 nitrogen and oxygen atoms in total. The van der Waals surface area contributed by atoms with Crippen LogP contribution in [0.4, 0.5) is 21.9 Å². The average Bonchev–Trinajstić information content (AvgIpc) is 2.63. The zero-order valence-electron chi connectivity index (χ0n) is 15.1. The van der Waals surface area contributed by atoms with Crippen molar-refractivity contribution in [3.8, 4) is 0 Å². The van der Waals surface area contributed by atoms with Crippen LogP contribution in [0.2, 0.25) is 0 Å². The Kier molecular flexibility index (Phi) is 6.06. The molecule has 0 unspecified atom stereocenters. The number of benzene rings is 2. The molecule has 0 atom stereocenters. The van der Waals surface area contributed by atoms with E-state index in [4.69, 9.17) is 0 Å². The molecule has 2 rings (SSSR count). The van der Waals surface area contributed by atoms with Crippen LogP contribution in [0.5, 0.6) is 0 Å². The number of thiol groups is 1. The van der Waals surface area contributed by atoms with E-state index < -0.39 is 22.4 Å². The number of anilines is 2. The number of nitro benzene ring substituents is 1. The predicted octanol–water partition coefficient (Wildman–Crippen LogP) is 4.00. The van der Waals surface area contributed by atoms with Crippen molar-refractivity contribution >= 4 is 41.8 Å². The van der Waals surface area contributed by atoms with Crippen molar-refractivity contribution in [1.29, 1.82) is 0 Å². The molecule has 0 aliphatic heterocycles. The molecule has 0 saturated carbocycles. The lowest BCUT2D eigenvalue weighted by molar-refractivity contribution is -0.383. The highest BCUT2D eigenvalue weighted by Gasteiger charge is 2.37. The molecule has 9 heteroatoms. The number of amides is 3. The van der Waals surface area contributed by atoms with Crippen molar-refractivity contribution in [3.05, 3.63) is 64.2 Å². The van der Waals surface area contributed by atoms with Crippen LogP contribution in [0.1, 0.15) is 19.4 Å². The zero-order chi connectivity index (χ0) is 20.2. The summed E-state index contributed by atoms with van der Waals surface area (Å²) >= 11 is 4.14. The molecular formula is C18H20N4O4S. The summed E-state index contributed by atoms with van der Waals surface area (Å²) in [6.07, 6.45) is 0. The van der Waals surface area contributed by atoms with Gasteiger partial charge in [0.15, 0.2) is 0 Å². The zero-order valence-corrected chi connectivity index (χ0v) is 16.0. The molecule has 0 aromatic heterocycles. The first-order valence-corrected chi connectivity index (χ1v) is 8.45. The summed E-state index contributed by atoms with van der Waals surface area (Å²) in [6.45, 7) is 4.89. The maximum absolute atomic E-state index is 12.7. The highest BCUT2D eigenvalue weighted by Crippen LogP contribution is 2.26. The molecular weight excluding hydrogens is 368 g/mol. The lowest BCUT2D eigenvalue weighted by Gasteiger charge is -2.32. The molecule has 0 spiro atoms. The molecule has 27 heavy (non-hydrogen) atoms. The first-order chi connectivity index (χ1) is 12.6. The molecule has 2 aromatic rings. The molecule has 0 bridgehead atoms. The van der Waals surface area contributed by atoms with Crippen LogP contribution in [-0.2, 0) is 4.79 Å². The van der Waals surface area contributed by atoms with Crippen molar-refractivity contribution in [1.82, 2.24) is 4.31 Å². The fourth-order valence-electron chi connectivity index (χ4n) is 2.25. The molecule has 2 aromatic carbocycles. The lowest BCUT2D eigenvalue weighted by Crippen LogP contribution is -2.52. The van der Waals surface area contributed by atoms with Gasteiger partial charge in [-0.1, -0.05) is 43.1 Å². The van der Waals surface area contributed by atoms with Gasteiger partial charge in [-0.05, 0) is 38.5 Å². The lowest BCUT2D eigenvalue weighted by atomic mass is 10.0. The Bertz CT molecular complexity index is 885. The number of nitrogens with zero attached hydrogens (tertiary/aromatic N) is 2. The van der Waals surface area contributed by atoms with E-state index >= 15 is 0 Å². The summed E-state index contributed by atoms with van der Waals surface area (Å²) in [5, 5.41) is 16.2. The third-order valence-electron chi connectivity index (χ3n) is 4.01. The summed E-state index contributed by atoms with van der Waals surface area (Å²) in [4.78, 5) is 35.6. The monoisotopic (exact) mass is 388 g/mol. The van der Waals surface area contributed by atoms with Gasteiger partial charge in [0.05, 0.1) is 4.92 Å². The number of nitro groups is 1. The van der Waals surface area contributed by atoms with Crippen LogP contribution in [0.25, 0.3) is 0 Å². The van der Waals surface area contributed by atoms with E-state index in [-0.39, 0.29) is 11.4 Å². The Hall–Kier alpha value is -3.07. The second-order valence-corrected chi connectivity index (χ2v) is 6.74. The van der Waals surface area contributed by atoms with Gasteiger partial charge in [-0.2, -0.15) is 0 Å². The molecule has 3 amide bonds. The van der Waals surface area contributed by atoms with E-state index in [1.165, 1.54) is 32.0 Å². The van der Waals surface area contributed by atoms with Gasteiger partial charge in [0.2, 0.25) is 0 Å². The highest BCUT2D eigenvalue weighted by atomic mass is 32.1. The second kappa shape index (κ2) is 8.09. The van der Waals surface area contributed by atoms with E-state index in [2.05, 4.69) is 23.4 Å². The standard InChI is InChI=1S/C18H20N4O4S/c1-12-8-4-5-9-13(12)19-16(23)18(2,3)21(27)17(24)20-14-10-6-7-11-15(14)22(25)26/h4-11,27H,1-3H3,(H,19,23)(H,20,24). The molecule has 0 aliphatic carbocycles. The fourth-order valence-corrected chi connectivity index (χ4v) is 2.39. The number of para-hydroxylation sites is 3. The van der Waals surface area contributed by atoms with Crippen molar-refractivity contribution in [2.24, 2.45) is 0 Å². The van der Waals surface area contributed by atoms with E-state index in [9.17, 15) is 19.7 Å². The summed E-state index contributed by atoms with van der Waals surface area (Å²) in [5.41, 5.74) is -0.0801. The van der Waals surface area contributed by atoms with E-state index in [0.717, 1.165) is 9.87 Å². The molecule has 0 aliphatic rings. The SMILES string of the molecule is Cc1ccccc1NC(=O)C(C)(C)N(S)C(=O)Nc1ccccc1[N+](=O)[O-]. The minimum Gasteiger partial charge on any atom is -0.324 e. The maximum atomic E-state index is 12.7. The van der Waals surface area contributed by atoms with E-state index in [0.29, 0.717) is 5.69 Å².